The molecule has 0 aromatic heterocycles. The molecular weight excluding hydrogens is 278 g/mol. The summed E-state index contributed by atoms with van der Waals surface area (Å²) in [5, 5.41) is 15.8. The molecule has 0 radical (unpaired) electrons. The number of nitrogens with zero attached hydrogens (tertiary/aromatic N) is 3. The third-order valence-electron chi connectivity index (χ3n) is 3.70. The Morgan fingerprint density at radius 3 is 2.32 bits per heavy atom. The predicted octanol–water partition coefficient (Wildman–Crippen LogP) is 1.60. The lowest BCUT2D eigenvalue weighted by molar-refractivity contribution is 0.144. The van der Waals surface area contributed by atoms with Gasteiger partial charge in [0.05, 0.1) is 18.2 Å². The third-order valence-corrected chi connectivity index (χ3v) is 3.70. The molecule has 0 aliphatic carbocycles. The summed E-state index contributed by atoms with van der Waals surface area (Å²) in [4.78, 5) is 4.80. The van der Waals surface area contributed by atoms with Gasteiger partial charge in [0.1, 0.15) is 0 Å². The SMILES string of the molecule is C=C(C#N)c1ccc(N2CCN(CCOC)CC2)cc1.CO. The average Bonchev–Trinajstić information content (AvgIpc) is 2.61. The van der Waals surface area contributed by atoms with E-state index in [1.165, 1.54) is 5.69 Å². The van der Waals surface area contributed by atoms with E-state index in [-0.39, 0.29) is 0 Å². The van der Waals surface area contributed by atoms with Crippen molar-refractivity contribution < 1.29 is 9.84 Å². The molecular formula is C17H25N3O2. The van der Waals surface area contributed by atoms with Gasteiger partial charge in [0.15, 0.2) is 0 Å². The minimum atomic E-state index is 0.515. The summed E-state index contributed by atoms with van der Waals surface area (Å²) in [5.74, 6) is 0. The van der Waals surface area contributed by atoms with Gasteiger partial charge in [0.2, 0.25) is 0 Å². The molecule has 1 saturated heterocycles. The maximum atomic E-state index is 8.83. The molecule has 1 aliphatic heterocycles. The molecule has 1 aliphatic rings. The third kappa shape index (κ3) is 5.15. The zero-order valence-electron chi connectivity index (χ0n) is 13.5. The van der Waals surface area contributed by atoms with Crippen LogP contribution in [0, 0.1) is 11.3 Å². The molecule has 1 N–H and O–H groups in total. The van der Waals surface area contributed by atoms with Crippen LogP contribution in [0.5, 0.6) is 0 Å². The van der Waals surface area contributed by atoms with Gasteiger partial charge >= 0.3 is 0 Å². The van der Waals surface area contributed by atoms with E-state index in [4.69, 9.17) is 15.1 Å². The van der Waals surface area contributed by atoms with Gasteiger partial charge in [0, 0.05) is 52.6 Å². The summed E-state index contributed by atoms with van der Waals surface area (Å²) >= 11 is 0. The first-order valence-electron chi connectivity index (χ1n) is 7.35. The lowest BCUT2D eigenvalue weighted by Crippen LogP contribution is -2.47. The molecule has 1 heterocycles. The molecule has 0 atom stereocenters. The van der Waals surface area contributed by atoms with Gasteiger partial charge < -0.3 is 14.7 Å². The van der Waals surface area contributed by atoms with Crippen molar-refractivity contribution in [2.24, 2.45) is 0 Å². The minimum Gasteiger partial charge on any atom is -0.400 e. The number of allylic oxidation sites excluding steroid dienone is 1. The van der Waals surface area contributed by atoms with Crippen LogP contribution in [-0.4, -0.2) is 63.6 Å². The van der Waals surface area contributed by atoms with Crippen LogP contribution in [0.2, 0.25) is 0 Å². The molecule has 22 heavy (non-hydrogen) atoms. The largest absolute Gasteiger partial charge is 0.400 e. The predicted molar refractivity (Wildman–Crippen MR) is 89.8 cm³/mol. The molecule has 2 rings (SSSR count). The molecule has 0 unspecified atom stereocenters. The van der Waals surface area contributed by atoms with Crippen LogP contribution >= 0.6 is 0 Å². The van der Waals surface area contributed by atoms with E-state index in [9.17, 15) is 0 Å². The van der Waals surface area contributed by atoms with Crippen molar-refractivity contribution in [3.05, 3.63) is 36.4 Å². The first kappa shape index (κ1) is 18.2. The monoisotopic (exact) mass is 303 g/mol. The molecule has 0 saturated carbocycles. The zero-order chi connectivity index (χ0) is 16.4. The van der Waals surface area contributed by atoms with Crippen LogP contribution in [0.3, 0.4) is 0 Å². The first-order valence-corrected chi connectivity index (χ1v) is 7.35. The summed E-state index contributed by atoms with van der Waals surface area (Å²) in [6, 6.07) is 10.2. The van der Waals surface area contributed by atoms with Crippen molar-refractivity contribution in [1.82, 2.24) is 4.90 Å². The van der Waals surface area contributed by atoms with Gasteiger partial charge in [-0.1, -0.05) is 18.7 Å². The summed E-state index contributed by atoms with van der Waals surface area (Å²) < 4.78 is 5.11. The molecule has 1 aromatic carbocycles. The summed E-state index contributed by atoms with van der Waals surface area (Å²) in [7, 11) is 2.74. The number of aliphatic hydroxyl groups is 1. The van der Waals surface area contributed by atoms with Crippen LogP contribution in [0.4, 0.5) is 5.69 Å². The Bertz CT molecular complexity index is 486. The summed E-state index contributed by atoms with van der Waals surface area (Å²) in [6.07, 6.45) is 0. The van der Waals surface area contributed by atoms with Gasteiger partial charge in [-0.05, 0) is 17.7 Å². The minimum absolute atomic E-state index is 0.515. The van der Waals surface area contributed by atoms with Crippen molar-refractivity contribution in [3.8, 4) is 6.07 Å². The van der Waals surface area contributed by atoms with Crippen molar-refractivity contribution in [2.75, 3.05) is 58.5 Å². The summed E-state index contributed by atoms with van der Waals surface area (Å²) in [6.45, 7) is 9.72. The molecule has 120 valence electrons. The maximum Gasteiger partial charge on any atom is 0.0991 e. The summed E-state index contributed by atoms with van der Waals surface area (Å²) in [5.41, 5.74) is 2.63. The van der Waals surface area contributed by atoms with Gasteiger partial charge in [-0.25, -0.2) is 0 Å². The number of methoxy groups -OCH3 is 1. The normalized spacial score (nSPS) is 14.7. The topological polar surface area (TPSA) is 59.7 Å². The Balaban J connectivity index is 0.00000116. The molecule has 0 bridgehead atoms. The number of aliphatic hydroxyl groups excluding tert-OH is 1. The molecule has 0 amide bonds. The van der Waals surface area contributed by atoms with E-state index < -0.39 is 0 Å². The van der Waals surface area contributed by atoms with Gasteiger partial charge in [-0.15, -0.1) is 0 Å². The van der Waals surface area contributed by atoms with Crippen molar-refractivity contribution in [3.63, 3.8) is 0 Å². The zero-order valence-corrected chi connectivity index (χ0v) is 13.5. The number of rotatable bonds is 5. The van der Waals surface area contributed by atoms with Crippen molar-refractivity contribution in [2.45, 2.75) is 0 Å². The van der Waals surface area contributed by atoms with Crippen molar-refractivity contribution >= 4 is 11.3 Å². The number of hydrogen-bond donors (Lipinski definition) is 1. The van der Waals surface area contributed by atoms with E-state index >= 15 is 0 Å². The van der Waals surface area contributed by atoms with Crippen LogP contribution in [0.1, 0.15) is 5.56 Å². The highest BCUT2D eigenvalue weighted by atomic mass is 16.5. The van der Waals surface area contributed by atoms with Gasteiger partial charge in [-0.3, -0.25) is 4.90 Å². The number of hydrogen-bond acceptors (Lipinski definition) is 5. The number of anilines is 1. The van der Waals surface area contributed by atoms with Crippen LogP contribution in [0.15, 0.2) is 30.8 Å². The molecule has 0 spiro atoms. The average molecular weight is 303 g/mol. The van der Waals surface area contributed by atoms with Crippen molar-refractivity contribution in [1.29, 1.82) is 5.26 Å². The Morgan fingerprint density at radius 1 is 1.23 bits per heavy atom. The van der Waals surface area contributed by atoms with Gasteiger partial charge in [-0.2, -0.15) is 5.26 Å². The second kappa shape index (κ2) is 9.96. The maximum absolute atomic E-state index is 8.83. The number of piperazine rings is 1. The van der Waals surface area contributed by atoms with Crippen LogP contribution < -0.4 is 4.90 Å². The van der Waals surface area contributed by atoms with E-state index in [1.54, 1.807) is 7.11 Å². The number of nitriles is 1. The molecule has 1 aromatic rings. The second-order valence-electron chi connectivity index (χ2n) is 4.96. The van der Waals surface area contributed by atoms with E-state index in [0.29, 0.717) is 5.57 Å². The van der Waals surface area contributed by atoms with E-state index in [1.807, 2.05) is 12.1 Å². The van der Waals surface area contributed by atoms with E-state index in [0.717, 1.165) is 52.0 Å². The Hall–Kier alpha value is -1.87. The lowest BCUT2D eigenvalue weighted by atomic mass is 10.1. The highest BCUT2D eigenvalue weighted by molar-refractivity contribution is 5.75. The lowest BCUT2D eigenvalue weighted by Gasteiger charge is -2.36. The highest BCUT2D eigenvalue weighted by Gasteiger charge is 2.16. The number of ether oxygens (including phenoxy) is 1. The fourth-order valence-electron chi connectivity index (χ4n) is 2.39. The Labute approximate surface area is 133 Å². The Kier molecular flexibility index (Phi) is 8.23. The van der Waals surface area contributed by atoms with Crippen LogP contribution in [0.25, 0.3) is 5.57 Å². The molecule has 5 heteroatoms. The van der Waals surface area contributed by atoms with Crippen LogP contribution in [-0.2, 0) is 4.74 Å². The fraction of sp³-hybridized carbons (Fsp3) is 0.471. The smallest absolute Gasteiger partial charge is 0.0991 e. The number of benzene rings is 1. The van der Waals surface area contributed by atoms with E-state index in [2.05, 4.69) is 34.6 Å². The quantitative estimate of drug-likeness (QED) is 0.837. The standard InChI is InChI=1S/C16H21N3O.CH4O/c1-14(13-17)15-3-5-16(6-4-15)19-9-7-18(8-10-19)11-12-20-2;1-2/h3-6H,1,7-12H2,2H3;2H,1H3. The second-order valence-corrected chi connectivity index (χ2v) is 4.96. The Morgan fingerprint density at radius 2 is 1.82 bits per heavy atom. The first-order chi connectivity index (χ1) is 10.7. The fourth-order valence-corrected chi connectivity index (χ4v) is 2.39. The molecule has 5 nitrogen and oxygen atoms in total. The highest BCUT2D eigenvalue weighted by Crippen LogP contribution is 2.20. The molecule has 1 fully saturated rings. The van der Waals surface area contributed by atoms with Gasteiger partial charge in [0.25, 0.3) is 0 Å².